The highest BCUT2D eigenvalue weighted by Gasteiger charge is 2.16. The molecule has 0 atom stereocenters. The van der Waals surface area contributed by atoms with E-state index in [1.165, 1.54) is 12.1 Å². The van der Waals surface area contributed by atoms with Crippen LogP contribution in [0.3, 0.4) is 0 Å². The molecule has 1 aliphatic rings. The van der Waals surface area contributed by atoms with Gasteiger partial charge in [0.25, 0.3) is 0 Å². The molecule has 1 aliphatic heterocycles. The van der Waals surface area contributed by atoms with Crippen LogP contribution in [0.1, 0.15) is 18.4 Å². The zero-order valence-electron chi connectivity index (χ0n) is 11.1. The fourth-order valence-corrected chi connectivity index (χ4v) is 2.18. The van der Waals surface area contributed by atoms with Crippen molar-refractivity contribution in [2.75, 3.05) is 5.73 Å². The summed E-state index contributed by atoms with van der Waals surface area (Å²) in [7, 11) is 0. The molecule has 3 rings (SSSR count). The Morgan fingerprint density at radius 3 is 2.57 bits per heavy atom. The van der Waals surface area contributed by atoms with Gasteiger partial charge in [-0.2, -0.15) is 5.10 Å². The molecule has 2 aromatic rings. The Hall–Kier alpha value is -2.76. The van der Waals surface area contributed by atoms with E-state index in [4.69, 9.17) is 5.73 Å². The number of nitrogen functional groups attached to an aromatic ring is 1. The molecule has 0 aliphatic carbocycles. The average Bonchev–Trinajstić information content (AvgIpc) is 2.50. The summed E-state index contributed by atoms with van der Waals surface area (Å²) in [4.78, 5) is 15.3. The lowest BCUT2D eigenvalue weighted by Crippen LogP contribution is -2.26. The van der Waals surface area contributed by atoms with Gasteiger partial charge in [-0.25, -0.2) is 14.8 Å². The molecular formula is C15H13FN4O. The predicted molar refractivity (Wildman–Crippen MR) is 78.0 cm³/mol. The molecule has 106 valence electrons. The van der Waals surface area contributed by atoms with Gasteiger partial charge in [0, 0.05) is 30.2 Å². The van der Waals surface area contributed by atoms with Crippen molar-refractivity contribution in [1.29, 1.82) is 0 Å². The number of carbonyl (C=O) groups excluding carboxylic acids is 1. The molecule has 0 unspecified atom stereocenters. The number of nitrogens with zero attached hydrogens (tertiary/aromatic N) is 2. The molecule has 0 saturated carbocycles. The number of rotatable bonds is 2. The van der Waals surface area contributed by atoms with E-state index in [1.807, 2.05) is 6.07 Å². The first-order valence-electron chi connectivity index (χ1n) is 6.51. The van der Waals surface area contributed by atoms with Crippen LogP contribution in [0.5, 0.6) is 0 Å². The van der Waals surface area contributed by atoms with Crippen molar-refractivity contribution in [3.05, 3.63) is 47.9 Å². The lowest BCUT2D eigenvalue weighted by Gasteiger charge is -2.14. The number of carbonyl (C=O) groups is 1. The Morgan fingerprint density at radius 1 is 1.14 bits per heavy atom. The van der Waals surface area contributed by atoms with Crippen LogP contribution in [0.25, 0.3) is 11.1 Å². The number of benzene rings is 1. The zero-order chi connectivity index (χ0) is 14.8. The number of hydrazone groups is 1. The van der Waals surface area contributed by atoms with Crippen molar-refractivity contribution in [3.8, 4) is 11.1 Å². The number of aromatic nitrogens is 1. The van der Waals surface area contributed by atoms with Crippen molar-refractivity contribution in [2.45, 2.75) is 12.8 Å². The van der Waals surface area contributed by atoms with Crippen LogP contribution in [-0.4, -0.2) is 16.6 Å². The minimum Gasteiger partial charge on any atom is -0.383 e. The van der Waals surface area contributed by atoms with Crippen molar-refractivity contribution in [1.82, 2.24) is 10.4 Å². The molecular weight excluding hydrogens is 271 g/mol. The standard InChI is InChI=1S/C15H13FN4O/c16-11-3-1-9(2-4-11)10-7-12(15(17)18-8-10)13-5-6-14(21)20-19-13/h1-4,7-8H,5-6H2,(H2,17,18)(H,20,21). The summed E-state index contributed by atoms with van der Waals surface area (Å²) in [6, 6.07) is 7.99. The Kier molecular flexibility index (Phi) is 3.35. The number of amides is 1. The van der Waals surface area contributed by atoms with Crippen molar-refractivity contribution >= 4 is 17.4 Å². The van der Waals surface area contributed by atoms with Crippen molar-refractivity contribution < 1.29 is 9.18 Å². The summed E-state index contributed by atoms with van der Waals surface area (Å²) in [5.41, 5.74) is 11.4. The second-order valence-corrected chi connectivity index (χ2v) is 4.76. The topological polar surface area (TPSA) is 80.4 Å². The van der Waals surface area contributed by atoms with E-state index in [-0.39, 0.29) is 11.7 Å². The maximum Gasteiger partial charge on any atom is 0.240 e. The molecule has 1 amide bonds. The molecule has 21 heavy (non-hydrogen) atoms. The fourth-order valence-electron chi connectivity index (χ4n) is 2.18. The summed E-state index contributed by atoms with van der Waals surface area (Å²) < 4.78 is 13.0. The number of hydrogen-bond donors (Lipinski definition) is 2. The predicted octanol–water partition coefficient (Wildman–Crippen LogP) is 2.08. The van der Waals surface area contributed by atoms with Crippen LogP contribution in [0.4, 0.5) is 10.2 Å². The minimum absolute atomic E-state index is 0.111. The van der Waals surface area contributed by atoms with Crippen molar-refractivity contribution in [3.63, 3.8) is 0 Å². The van der Waals surface area contributed by atoms with Crippen LogP contribution in [-0.2, 0) is 4.79 Å². The second kappa shape index (κ2) is 5.32. The number of anilines is 1. The van der Waals surface area contributed by atoms with Crippen LogP contribution >= 0.6 is 0 Å². The van der Waals surface area contributed by atoms with Crippen LogP contribution in [0, 0.1) is 5.82 Å². The molecule has 0 radical (unpaired) electrons. The normalized spacial score (nSPS) is 14.5. The number of hydrogen-bond acceptors (Lipinski definition) is 4. The van der Waals surface area contributed by atoms with E-state index in [9.17, 15) is 9.18 Å². The quantitative estimate of drug-likeness (QED) is 0.886. The van der Waals surface area contributed by atoms with Gasteiger partial charge in [0.1, 0.15) is 11.6 Å². The second-order valence-electron chi connectivity index (χ2n) is 4.76. The molecule has 5 nitrogen and oxygen atoms in total. The van der Waals surface area contributed by atoms with Gasteiger partial charge >= 0.3 is 0 Å². The molecule has 0 bridgehead atoms. The summed E-state index contributed by atoms with van der Waals surface area (Å²) in [6.45, 7) is 0. The molecule has 6 heteroatoms. The average molecular weight is 284 g/mol. The van der Waals surface area contributed by atoms with Gasteiger partial charge in [0.05, 0.1) is 5.71 Å². The largest absolute Gasteiger partial charge is 0.383 e. The third-order valence-corrected chi connectivity index (χ3v) is 3.31. The molecule has 0 fully saturated rings. The molecule has 3 N–H and O–H groups in total. The third kappa shape index (κ3) is 2.74. The SMILES string of the molecule is Nc1ncc(-c2ccc(F)cc2)cc1C1=NNC(=O)CC1. The Morgan fingerprint density at radius 2 is 1.90 bits per heavy atom. The highest BCUT2D eigenvalue weighted by Crippen LogP contribution is 2.24. The molecule has 1 aromatic carbocycles. The number of pyridine rings is 1. The van der Waals surface area contributed by atoms with Crippen LogP contribution in [0.15, 0.2) is 41.6 Å². The third-order valence-electron chi connectivity index (χ3n) is 3.31. The van der Waals surface area contributed by atoms with Gasteiger partial charge in [-0.1, -0.05) is 12.1 Å². The molecule has 0 spiro atoms. The number of nitrogens with two attached hydrogens (primary N) is 1. The van der Waals surface area contributed by atoms with E-state index in [1.54, 1.807) is 18.3 Å². The lowest BCUT2D eigenvalue weighted by molar-refractivity contribution is -0.121. The zero-order valence-corrected chi connectivity index (χ0v) is 11.1. The van der Waals surface area contributed by atoms with Crippen LogP contribution < -0.4 is 11.2 Å². The van der Waals surface area contributed by atoms with Gasteiger partial charge in [0.2, 0.25) is 5.91 Å². The van der Waals surface area contributed by atoms with Crippen molar-refractivity contribution in [2.24, 2.45) is 5.10 Å². The highest BCUT2D eigenvalue weighted by molar-refractivity contribution is 6.07. The summed E-state index contributed by atoms with van der Waals surface area (Å²) >= 11 is 0. The van der Waals surface area contributed by atoms with E-state index < -0.39 is 0 Å². The van der Waals surface area contributed by atoms with Gasteiger partial charge in [-0.3, -0.25) is 4.79 Å². The molecule has 1 aromatic heterocycles. The van der Waals surface area contributed by atoms with E-state index in [2.05, 4.69) is 15.5 Å². The molecule has 0 saturated heterocycles. The maximum absolute atomic E-state index is 13.0. The van der Waals surface area contributed by atoms with E-state index in [0.29, 0.717) is 29.9 Å². The first kappa shape index (κ1) is 13.2. The summed E-state index contributed by atoms with van der Waals surface area (Å²) in [5, 5.41) is 4.03. The minimum atomic E-state index is -0.290. The Balaban J connectivity index is 2.00. The smallest absolute Gasteiger partial charge is 0.240 e. The number of halogens is 1. The first-order chi connectivity index (χ1) is 10.1. The monoisotopic (exact) mass is 284 g/mol. The Bertz CT molecular complexity index is 725. The molecule has 2 heterocycles. The summed E-state index contributed by atoms with van der Waals surface area (Å²) in [5.74, 6) is -0.0440. The van der Waals surface area contributed by atoms with E-state index in [0.717, 1.165) is 11.1 Å². The number of nitrogens with one attached hydrogen (secondary N) is 1. The van der Waals surface area contributed by atoms with Gasteiger partial charge in [0.15, 0.2) is 0 Å². The fraction of sp³-hybridized carbons (Fsp3) is 0.133. The van der Waals surface area contributed by atoms with Gasteiger partial charge < -0.3 is 5.73 Å². The summed E-state index contributed by atoms with van der Waals surface area (Å²) in [6.07, 6.45) is 2.53. The lowest BCUT2D eigenvalue weighted by atomic mass is 10.0. The van der Waals surface area contributed by atoms with Gasteiger partial charge in [-0.15, -0.1) is 0 Å². The van der Waals surface area contributed by atoms with Crippen LogP contribution in [0.2, 0.25) is 0 Å². The maximum atomic E-state index is 13.0. The highest BCUT2D eigenvalue weighted by atomic mass is 19.1. The van der Waals surface area contributed by atoms with E-state index >= 15 is 0 Å². The van der Waals surface area contributed by atoms with Gasteiger partial charge in [-0.05, 0) is 23.8 Å². The Labute approximate surface area is 120 Å². The first-order valence-corrected chi connectivity index (χ1v) is 6.51.